The smallest absolute Gasteiger partial charge is 0.178 e. The number of nitrogens with zero attached hydrogens (tertiary/aromatic N) is 2. The van der Waals surface area contributed by atoms with Gasteiger partial charge >= 0.3 is 0 Å². The summed E-state index contributed by atoms with van der Waals surface area (Å²) in [4.78, 5) is 11.9. The van der Waals surface area contributed by atoms with Crippen LogP contribution in [0.1, 0.15) is 16.7 Å². The first kappa shape index (κ1) is 13.5. The number of H-pyrrole nitrogens is 1. The van der Waals surface area contributed by atoms with Crippen LogP contribution < -0.4 is 0 Å². The summed E-state index contributed by atoms with van der Waals surface area (Å²) >= 11 is 7.60. The summed E-state index contributed by atoms with van der Waals surface area (Å²) in [5, 5.41) is 1.49. The second-order valence-corrected chi connectivity index (χ2v) is 6.19. The Morgan fingerprint density at radius 3 is 2.95 bits per heavy atom. The molecule has 0 amide bonds. The topological polar surface area (TPSA) is 41.6 Å². The van der Waals surface area contributed by atoms with E-state index in [1.165, 1.54) is 16.7 Å². The number of imidazole rings is 1. The molecule has 0 bridgehead atoms. The summed E-state index contributed by atoms with van der Waals surface area (Å²) in [7, 11) is 0. The number of hydrogen-bond donors (Lipinski definition) is 1. The second-order valence-electron chi connectivity index (χ2n) is 4.79. The van der Waals surface area contributed by atoms with Gasteiger partial charge in [-0.3, -0.25) is 0 Å². The molecular weight excluding hydrogens is 290 g/mol. The molecule has 0 radical (unpaired) electrons. The number of thioether (sulfide) groups is 1. The number of halogens is 1. The van der Waals surface area contributed by atoms with E-state index in [9.17, 15) is 0 Å². The van der Waals surface area contributed by atoms with E-state index in [0.717, 1.165) is 16.4 Å². The van der Waals surface area contributed by atoms with Crippen LogP contribution in [0.15, 0.2) is 35.6 Å². The normalized spacial score (nSPS) is 11.2. The third kappa shape index (κ3) is 2.81. The number of pyridine rings is 1. The van der Waals surface area contributed by atoms with Crippen molar-refractivity contribution in [2.45, 2.75) is 24.8 Å². The fraction of sp³-hybridized carbons (Fsp3) is 0.200. The Hall–Kier alpha value is -1.52. The first-order valence-corrected chi connectivity index (χ1v) is 7.68. The van der Waals surface area contributed by atoms with Gasteiger partial charge < -0.3 is 4.98 Å². The van der Waals surface area contributed by atoms with Crippen molar-refractivity contribution in [2.24, 2.45) is 0 Å². The van der Waals surface area contributed by atoms with Gasteiger partial charge in [-0.1, -0.05) is 47.1 Å². The quantitative estimate of drug-likeness (QED) is 0.723. The first-order chi connectivity index (χ1) is 9.61. The van der Waals surface area contributed by atoms with Crippen molar-refractivity contribution in [1.29, 1.82) is 0 Å². The molecule has 0 atom stereocenters. The van der Waals surface area contributed by atoms with Gasteiger partial charge in [0.25, 0.3) is 0 Å². The van der Waals surface area contributed by atoms with Gasteiger partial charge in [-0.15, -0.1) is 0 Å². The molecule has 20 heavy (non-hydrogen) atoms. The first-order valence-electron chi connectivity index (χ1n) is 6.32. The zero-order valence-electron chi connectivity index (χ0n) is 11.3. The molecule has 0 aliphatic carbocycles. The molecule has 3 nitrogen and oxygen atoms in total. The van der Waals surface area contributed by atoms with Crippen LogP contribution in [-0.4, -0.2) is 15.0 Å². The molecule has 3 aromatic rings. The highest BCUT2D eigenvalue weighted by Gasteiger charge is 2.06. The molecule has 5 heteroatoms. The Kier molecular flexibility index (Phi) is 3.68. The molecular formula is C15H14ClN3S. The third-order valence-corrected chi connectivity index (χ3v) is 4.28. The van der Waals surface area contributed by atoms with Gasteiger partial charge in [0.1, 0.15) is 0 Å². The van der Waals surface area contributed by atoms with Crippen LogP contribution in [0.5, 0.6) is 0 Å². The minimum atomic E-state index is 0.618. The van der Waals surface area contributed by atoms with Gasteiger partial charge in [-0.25, -0.2) is 9.97 Å². The monoisotopic (exact) mass is 303 g/mol. The summed E-state index contributed by atoms with van der Waals surface area (Å²) in [6.45, 7) is 4.25. The number of aromatic amines is 1. The summed E-state index contributed by atoms with van der Waals surface area (Å²) < 4.78 is 0. The minimum Gasteiger partial charge on any atom is -0.331 e. The van der Waals surface area contributed by atoms with Gasteiger partial charge in [0.05, 0.1) is 10.5 Å². The molecule has 1 aromatic carbocycles. The van der Waals surface area contributed by atoms with Crippen molar-refractivity contribution in [3.8, 4) is 0 Å². The number of benzene rings is 1. The lowest BCUT2D eigenvalue weighted by atomic mass is 10.1. The number of aromatic nitrogens is 3. The highest BCUT2D eigenvalue weighted by molar-refractivity contribution is 7.98. The number of rotatable bonds is 3. The summed E-state index contributed by atoms with van der Waals surface area (Å²) in [6.07, 6.45) is 1.61. The maximum Gasteiger partial charge on any atom is 0.178 e. The van der Waals surface area contributed by atoms with E-state index in [2.05, 4.69) is 47.0 Å². The van der Waals surface area contributed by atoms with Crippen LogP contribution in [-0.2, 0) is 5.75 Å². The standard InChI is InChI=1S/C15H14ClN3S/c1-9-3-4-10(2)11(5-9)8-20-15-18-13-6-12(16)7-17-14(13)19-15/h3-7H,8H2,1-2H3,(H,17,18,19). The molecule has 0 spiro atoms. The van der Waals surface area contributed by atoms with E-state index in [1.54, 1.807) is 18.0 Å². The second kappa shape index (κ2) is 5.46. The zero-order valence-corrected chi connectivity index (χ0v) is 12.8. The molecule has 0 aliphatic heterocycles. The van der Waals surface area contributed by atoms with Crippen molar-refractivity contribution in [2.75, 3.05) is 0 Å². The Morgan fingerprint density at radius 1 is 1.25 bits per heavy atom. The minimum absolute atomic E-state index is 0.618. The molecule has 3 rings (SSSR count). The zero-order chi connectivity index (χ0) is 14.1. The lowest BCUT2D eigenvalue weighted by Crippen LogP contribution is -1.88. The maximum absolute atomic E-state index is 5.92. The van der Waals surface area contributed by atoms with Crippen LogP contribution >= 0.6 is 23.4 Å². The Morgan fingerprint density at radius 2 is 2.10 bits per heavy atom. The molecule has 0 unspecified atom stereocenters. The fourth-order valence-electron chi connectivity index (χ4n) is 2.02. The van der Waals surface area contributed by atoms with Crippen molar-refractivity contribution >= 4 is 34.5 Å². The van der Waals surface area contributed by atoms with Gasteiger partial charge in [0.2, 0.25) is 0 Å². The van der Waals surface area contributed by atoms with Crippen molar-refractivity contribution in [3.63, 3.8) is 0 Å². The summed E-state index contributed by atoms with van der Waals surface area (Å²) in [5.41, 5.74) is 5.50. The van der Waals surface area contributed by atoms with Crippen molar-refractivity contribution in [3.05, 3.63) is 52.2 Å². The van der Waals surface area contributed by atoms with Gasteiger partial charge in [-0.05, 0) is 31.0 Å². The van der Waals surface area contributed by atoms with E-state index in [1.807, 2.05) is 6.07 Å². The van der Waals surface area contributed by atoms with Gasteiger partial charge in [-0.2, -0.15) is 0 Å². The summed E-state index contributed by atoms with van der Waals surface area (Å²) in [5.74, 6) is 0.890. The SMILES string of the molecule is Cc1ccc(C)c(CSc2nc3ncc(Cl)cc3[nH]2)c1. The summed E-state index contributed by atoms with van der Waals surface area (Å²) in [6, 6.07) is 8.36. The molecule has 2 heterocycles. The third-order valence-electron chi connectivity index (χ3n) is 3.15. The molecule has 102 valence electrons. The molecule has 1 N–H and O–H groups in total. The molecule has 0 saturated heterocycles. The predicted molar refractivity (Wildman–Crippen MR) is 84.4 cm³/mol. The number of fused-ring (bicyclic) bond motifs is 1. The van der Waals surface area contributed by atoms with E-state index in [4.69, 9.17) is 11.6 Å². The van der Waals surface area contributed by atoms with E-state index in [-0.39, 0.29) is 0 Å². The lowest BCUT2D eigenvalue weighted by molar-refractivity contribution is 1.07. The fourth-order valence-corrected chi connectivity index (χ4v) is 3.12. The highest BCUT2D eigenvalue weighted by Crippen LogP contribution is 2.25. The van der Waals surface area contributed by atoms with Crippen LogP contribution in [0.3, 0.4) is 0 Å². The Labute approximate surface area is 126 Å². The number of nitrogens with one attached hydrogen (secondary N) is 1. The van der Waals surface area contributed by atoms with Gasteiger partial charge in [0, 0.05) is 11.9 Å². The number of aryl methyl sites for hydroxylation is 2. The van der Waals surface area contributed by atoms with Crippen LogP contribution in [0, 0.1) is 13.8 Å². The Bertz CT molecular complexity index is 767. The highest BCUT2D eigenvalue weighted by atomic mass is 35.5. The number of hydrogen-bond acceptors (Lipinski definition) is 3. The predicted octanol–water partition coefficient (Wildman–Crippen LogP) is 4.52. The average molecular weight is 304 g/mol. The molecule has 0 saturated carbocycles. The lowest BCUT2D eigenvalue weighted by Gasteiger charge is -2.05. The van der Waals surface area contributed by atoms with E-state index >= 15 is 0 Å². The molecule has 0 aliphatic rings. The Balaban J connectivity index is 1.81. The van der Waals surface area contributed by atoms with Crippen molar-refractivity contribution < 1.29 is 0 Å². The van der Waals surface area contributed by atoms with E-state index in [0.29, 0.717) is 10.7 Å². The van der Waals surface area contributed by atoms with Crippen molar-refractivity contribution in [1.82, 2.24) is 15.0 Å². The van der Waals surface area contributed by atoms with Crippen LogP contribution in [0.2, 0.25) is 5.02 Å². The molecule has 2 aromatic heterocycles. The average Bonchev–Trinajstić information content (AvgIpc) is 2.81. The largest absolute Gasteiger partial charge is 0.331 e. The maximum atomic E-state index is 5.92. The van der Waals surface area contributed by atoms with Gasteiger partial charge in [0.15, 0.2) is 10.8 Å². The molecule has 0 fully saturated rings. The van der Waals surface area contributed by atoms with E-state index < -0.39 is 0 Å². The van der Waals surface area contributed by atoms with Crippen LogP contribution in [0.25, 0.3) is 11.2 Å². The van der Waals surface area contributed by atoms with Crippen LogP contribution in [0.4, 0.5) is 0 Å².